The molecule has 0 bridgehead atoms. The number of benzene rings is 7. The van der Waals surface area contributed by atoms with Crippen LogP contribution in [0.1, 0.15) is 36.5 Å². The Hall–Kier alpha value is -7.10. The highest BCUT2D eigenvalue weighted by Crippen LogP contribution is 2.62. The average molecular weight is 759 g/mol. The van der Waals surface area contributed by atoms with Crippen molar-refractivity contribution in [2.24, 2.45) is 11.8 Å². The average Bonchev–Trinajstić information content (AvgIpc) is 3.93. The van der Waals surface area contributed by atoms with Gasteiger partial charge in [0.1, 0.15) is 11.2 Å². The van der Waals surface area contributed by atoms with Gasteiger partial charge in [0, 0.05) is 56.3 Å². The lowest BCUT2D eigenvalue weighted by molar-refractivity contribution is 0.465. The summed E-state index contributed by atoms with van der Waals surface area (Å²) in [7, 11) is 0. The van der Waals surface area contributed by atoms with Crippen LogP contribution in [0.4, 0.5) is 11.4 Å². The summed E-state index contributed by atoms with van der Waals surface area (Å²) in [5.74, 6) is 0.635. The Morgan fingerprint density at radius 1 is 0.610 bits per heavy atom. The SMILES string of the molecule is CC1C=C(C2(c3ccccc3)c3ccccc3C3=CC=C(N(c4ccc5c(c4)oc4ccccc45)c4ccc5c(c4)c4ccccc4n5-c4ccccc4)CC32)C=CC1. The number of para-hydroxylation sites is 3. The molecule has 2 aromatic heterocycles. The van der Waals surface area contributed by atoms with Gasteiger partial charge < -0.3 is 13.9 Å². The molecule has 0 spiro atoms. The van der Waals surface area contributed by atoms with E-state index in [0.717, 1.165) is 51.8 Å². The van der Waals surface area contributed by atoms with Gasteiger partial charge in [0.15, 0.2) is 0 Å². The van der Waals surface area contributed by atoms with E-state index in [9.17, 15) is 0 Å². The monoisotopic (exact) mass is 758 g/mol. The molecule has 59 heavy (non-hydrogen) atoms. The normalized spacial score (nSPS) is 19.8. The summed E-state index contributed by atoms with van der Waals surface area (Å²) in [5.41, 5.74) is 15.4. The van der Waals surface area contributed by atoms with Crippen molar-refractivity contribution < 1.29 is 4.42 Å². The molecule has 7 aromatic carbocycles. The van der Waals surface area contributed by atoms with Gasteiger partial charge in [0.05, 0.1) is 16.4 Å². The predicted molar refractivity (Wildman–Crippen MR) is 245 cm³/mol. The maximum absolute atomic E-state index is 6.56. The molecular formula is C56H42N2O. The second kappa shape index (κ2) is 13.2. The maximum atomic E-state index is 6.56. The zero-order chi connectivity index (χ0) is 39.1. The molecule has 0 saturated heterocycles. The van der Waals surface area contributed by atoms with Gasteiger partial charge in [-0.25, -0.2) is 0 Å². The minimum absolute atomic E-state index is 0.171. The third kappa shape index (κ3) is 5.07. The van der Waals surface area contributed by atoms with E-state index in [1.54, 1.807) is 0 Å². The van der Waals surface area contributed by atoms with Crippen molar-refractivity contribution >= 4 is 60.7 Å². The molecule has 2 heterocycles. The number of allylic oxidation sites excluding steroid dienone is 8. The van der Waals surface area contributed by atoms with Crippen molar-refractivity contribution in [2.75, 3.05) is 4.90 Å². The van der Waals surface area contributed by atoms with Gasteiger partial charge in [-0.3, -0.25) is 0 Å². The lowest BCUT2D eigenvalue weighted by Crippen LogP contribution is -2.37. The molecule has 3 atom stereocenters. The van der Waals surface area contributed by atoms with Gasteiger partial charge in [-0.1, -0.05) is 140 Å². The summed E-state index contributed by atoms with van der Waals surface area (Å²) in [4.78, 5) is 2.50. The van der Waals surface area contributed by atoms with E-state index in [1.165, 1.54) is 55.3 Å². The van der Waals surface area contributed by atoms with Crippen LogP contribution in [0.25, 0.3) is 55.0 Å². The maximum Gasteiger partial charge on any atom is 0.137 e. The fourth-order valence-electron chi connectivity index (χ4n) is 10.8. The van der Waals surface area contributed by atoms with Gasteiger partial charge >= 0.3 is 0 Å². The van der Waals surface area contributed by atoms with Crippen LogP contribution in [0.5, 0.6) is 0 Å². The van der Waals surface area contributed by atoms with E-state index in [4.69, 9.17) is 4.42 Å². The minimum Gasteiger partial charge on any atom is -0.456 e. The highest BCUT2D eigenvalue weighted by atomic mass is 16.3. The van der Waals surface area contributed by atoms with Crippen LogP contribution in [-0.2, 0) is 5.41 Å². The van der Waals surface area contributed by atoms with Crippen molar-refractivity contribution in [3.63, 3.8) is 0 Å². The summed E-state index contributed by atoms with van der Waals surface area (Å²) >= 11 is 0. The summed E-state index contributed by atoms with van der Waals surface area (Å²) in [6.45, 7) is 2.35. The summed E-state index contributed by atoms with van der Waals surface area (Å²) in [6.07, 6.45) is 14.1. The molecule has 0 radical (unpaired) electrons. The van der Waals surface area contributed by atoms with Gasteiger partial charge in [-0.15, -0.1) is 0 Å². The topological polar surface area (TPSA) is 21.3 Å². The van der Waals surface area contributed by atoms with E-state index >= 15 is 0 Å². The molecule has 0 amide bonds. The number of fused-ring (bicyclic) bond motifs is 9. The Bertz CT molecular complexity index is 3250. The molecule has 3 unspecified atom stereocenters. The van der Waals surface area contributed by atoms with E-state index in [-0.39, 0.29) is 11.3 Å². The number of hydrogen-bond donors (Lipinski definition) is 0. The quantitative estimate of drug-likeness (QED) is 0.168. The van der Waals surface area contributed by atoms with Gasteiger partial charge in [-0.2, -0.15) is 0 Å². The molecule has 3 heteroatoms. The third-order valence-electron chi connectivity index (χ3n) is 13.2. The lowest BCUT2D eigenvalue weighted by Gasteiger charge is -2.43. The summed E-state index contributed by atoms with van der Waals surface area (Å²) in [5, 5.41) is 4.73. The smallest absolute Gasteiger partial charge is 0.137 e. The number of furan rings is 1. The van der Waals surface area contributed by atoms with Crippen LogP contribution in [0, 0.1) is 11.8 Å². The van der Waals surface area contributed by atoms with Crippen molar-refractivity contribution in [2.45, 2.75) is 25.2 Å². The number of aromatic nitrogens is 1. The predicted octanol–water partition coefficient (Wildman–Crippen LogP) is 14.6. The van der Waals surface area contributed by atoms with Gasteiger partial charge in [0.2, 0.25) is 0 Å². The van der Waals surface area contributed by atoms with Gasteiger partial charge in [-0.05, 0) is 107 Å². The highest BCUT2D eigenvalue weighted by molar-refractivity contribution is 6.11. The molecule has 9 aromatic rings. The molecule has 3 aliphatic carbocycles. The molecule has 0 aliphatic heterocycles. The zero-order valence-corrected chi connectivity index (χ0v) is 32.9. The van der Waals surface area contributed by atoms with E-state index in [0.29, 0.717) is 5.92 Å². The van der Waals surface area contributed by atoms with Crippen LogP contribution >= 0.6 is 0 Å². The molecule has 0 N–H and O–H groups in total. The first-order chi connectivity index (χ1) is 29.2. The van der Waals surface area contributed by atoms with E-state index < -0.39 is 0 Å². The Balaban J connectivity index is 1.09. The van der Waals surface area contributed by atoms with Crippen molar-refractivity contribution in [1.82, 2.24) is 4.57 Å². The molecule has 282 valence electrons. The Morgan fingerprint density at radius 2 is 1.31 bits per heavy atom. The number of rotatable bonds is 6. The standard InChI is InChI=1S/C56H42N2O/c1-37-15-14-18-39(33-37)56(38-16-4-2-5-17-38)50-24-11-8-21-44(50)45-30-27-42(35-51(45)56)57(43-28-31-48-47-23-10-13-26-54(47)59-55(48)36-43)41-29-32-53-49(34-41)46-22-9-12-25-52(46)58(53)40-19-6-3-7-20-40/h2-14,16-34,36-37,51H,15,35H2,1H3. The fraction of sp³-hybridized carbons (Fsp3) is 0.107. The highest BCUT2D eigenvalue weighted by Gasteiger charge is 2.53. The molecule has 3 aliphatic rings. The van der Waals surface area contributed by atoms with Crippen LogP contribution < -0.4 is 4.90 Å². The molecule has 0 fully saturated rings. The molecular weight excluding hydrogens is 717 g/mol. The van der Waals surface area contributed by atoms with Gasteiger partial charge in [0.25, 0.3) is 0 Å². The van der Waals surface area contributed by atoms with Crippen molar-refractivity contribution in [1.29, 1.82) is 0 Å². The first kappa shape index (κ1) is 34.0. The largest absolute Gasteiger partial charge is 0.456 e. The number of anilines is 2. The Morgan fingerprint density at radius 3 is 2.17 bits per heavy atom. The van der Waals surface area contributed by atoms with Crippen LogP contribution in [0.3, 0.4) is 0 Å². The second-order valence-electron chi connectivity index (χ2n) is 16.5. The number of nitrogens with zero attached hydrogens (tertiary/aromatic N) is 2. The van der Waals surface area contributed by atoms with Crippen molar-refractivity contribution in [3.05, 3.63) is 228 Å². The van der Waals surface area contributed by atoms with Crippen LogP contribution in [0.15, 0.2) is 216 Å². The second-order valence-corrected chi connectivity index (χ2v) is 16.5. The Kier molecular flexibility index (Phi) is 7.62. The lowest BCUT2D eigenvalue weighted by atomic mass is 9.61. The Labute approximate surface area is 344 Å². The zero-order valence-electron chi connectivity index (χ0n) is 32.9. The summed E-state index contributed by atoms with van der Waals surface area (Å²) in [6, 6.07) is 62.1. The molecule has 12 rings (SSSR count). The first-order valence-corrected chi connectivity index (χ1v) is 20.9. The van der Waals surface area contributed by atoms with E-state index in [2.05, 4.69) is 211 Å². The van der Waals surface area contributed by atoms with Crippen molar-refractivity contribution in [3.8, 4) is 5.69 Å². The third-order valence-corrected chi connectivity index (χ3v) is 13.2. The fourth-order valence-corrected chi connectivity index (χ4v) is 10.8. The van der Waals surface area contributed by atoms with Crippen LogP contribution in [0.2, 0.25) is 0 Å². The minimum atomic E-state index is -0.351. The van der Waals surface area contributed by atoms with Crippen LogP contribution in [-0.4, -0.2) is 4.57 Å². The first-order valence-electron chi connectivity index (χ1n) is 20.9. The van der Waals surface area contributed by atoms with E-state index in [1.807, 2.05) is 6.07 Å². The molecule has 3 nitrogen and oxygen atoms in total. The summed E-state index contributed by atoms with van der Waals surface area (Å²) < 4.78 is 8.96. The molecule has 0 saturated carbocycles. The number of hydrogen-bond acceptors (Lipinski definition) is 2.